The summed E-state index contributed by atoms with van der Waals surface area (Å²) >= 11 is 0. The van der Waals surface area contributed by atoms with Crippen molar-refractivity contribution in [1.82, 2.24) is 0 Å². The van der Waals surface area contributed by atoms with E-state index in [9.17, 15) is 0 Å². The van der Waals surface area contributed by atoms with Crippen LogP contribution in [-0.2, 0) is 22.5 Å². The molecule has 0 amide bonds. The van der Waals surface area contributed by atoms with E-state index in [0.717, 1.165) is 6.42 Å². The fraction of sp³-hybridized carbons (Fsp3) is 0.500. The van der Waals surface area contributed by atoms with E-state index in [4.69, 9.17) is 9.47 Å². The van der Waals surface area contributed by atoms with Crippen molar-refractivity contribution < 1.29 is 9.47 Å². The van der Waals surface area contributed by atoms with E-state index in [1.807, 2.05) is 6.07 Å². The van der Waals surface area contributed by atoms with E-state index in [0.29, 0.717) is 19.8 Å². The predicted octanol–water partition coefficient (Wildman–Crippen LogP) is 2.41. The van der Waals surface area contributed by atoms with Crippen LogP contribution in [0.2, 0.25) is 0 Å². The van der Waals surface area contributed by atoms with E-state index < -0.39 is 0 Å². The Balaban J connectivity index is 2.41. The smallest absolute Gasteiger partial charge is 0.0720 e. The molecule has 2 heteroatoms. The molecule has 0 atom stereocenters. The third kappa shape index (κ3) is 3.48. The van der Waals surface area contributed by atoms with Crippen LogP contribution in [0.5, 0.6) is 0 Å². The van der Waals surface area contributed by atoms with Gasteiger partial charge in [0.25, 0.3) is 0 Å². The van der Waals surface area contributed by atoms with Crippen LogP contribution in [0.1, 0.15) is 18.1 Å². The second-order valence-electron chi connectivity index (χ2n) is 3.17. The highest BCUT2D eigenvalue weighted by molar-refractivity contribution is 5.26. The number of aryl methyl sites for hydroxylation is 1. The zero-order chi connectivity index (χ0) is 10.2. The lowest BCUT2D eigenvalue weighted by Gasteiger charge is -2.07. The molecule has 0 N–H and O–H groups in total. The summed E-state index contributed by atoms with van der Waals surface area (Å²) < 4.78 is 10.4. The number of benzene rings is 1. The van der Waals surface area contributed by atoms with Crippen LogP contribution >= 0.6 is 0 Å². The van der Waals surface area contributed by atoms with Gasteiger partial charge in [-0.25, -0.2) is 0 Å². The Morgan fingerprint density at radius 3 is 2.43 bits per heavy atom. The van der Waals surface area contributed by atoms with Crippen molar-refractivity contribution in [2.24, 2.45) is 0 Å². The largest absolute Gasteiger partial charge is 0.382 e. The van der Waals surface area contributed by atoms with Gasteiger partial charge in [-0.3, -0.25) is 0 Å². The van der Waals surface area contributed by atoms with Crippen molar-refractivity contribution >= 4 is 0 Å². The summed E-state index contributed by atoms with van der Waals surface area (Å²) in [4.78, 5) is 0. The van der Waals surface area contributed by atoms with Crippen molar-refractivity contribution in [3.05, 3.63) is 35.4 Å². The topological polar surface area (TPSA) is 18.5 Å². The summed E-state index contributed by atoms with van der Waals surface area (Å²) in [5, 5.41) is 0. The van der Waals surface area contributed by atoms with Gasteiger partial charge in [0.15, 0.2) is 0 Å². The average molecular weight is 194 g/mol. The molecule has 0 saturated carbocycles. The van der Waals surface area contributed by atoms with Gasteiger partial charge in [-0.15, -0.1) is 0 Å². The molecule has 0 aliphatic rings. The first-order chi connectivity index (χ1) is 6.88. The lowest BCUT2D eigenvalue weighted by molar-refractivity contribution is 0.0614. The zero-order valence-electron chi connectivity index (χ0n) is 8.95. The van der Waals surface area contributed by atoms with Crippen LogP contribution in [0.25, 0.3) is 0 Å². The molecule has 0 radical (unpaired) electrons. The molecular formula is C12H18O2. The fourth-order valence-electron chi connectivity index (χ4n) is 1.37. The molecule has 0 saturated heterocycles. The highest BCUT2D eigenvalue weighted by Crippen LogP contribution is 2.10. The molecule has 0 heterocycles. The molecule has 0 aromatic heterocycles. The fourth-order valence-corrected chi connectivity index (χ4v) is 1.37. The number of hydrogen-bond acceptors (Lipinski definition) is 2. The second-order valence-corrected chi connectivity index (χ2v) is 3.17. The van der Waals surface area contributed by atoms with Crippen molar-refractivity contribution in [1.29, 1.82) is 0 Å². The summed E-state index contributed by atoms with van der Waals surface area (Å²) in [6.45, 7) is 4.17. The van der Waals surface area contributed by atoms with Crippen molar-refractivity contribution in [2.45, 2.75) is 20.0 Å². The van der Waals surface area contributed by atoms with Crippen LogP contribution in [0.3, 0.4) is 0 Å². The Bertz CT molecular complexity index is 258. The monoisotopic (exact) mass is 194 g/mol. The highest BCUT2D eigenvalue weighted by atomic mass is 16.5. The Morgan fingerprint density at radius 2 is 1.79 bits per heavy atom. The van der Waals surface area contributed by atoms with Crippen LogP contribution in [0.4, 0.5) is 0 Å². The number of rotatable bonds is 6. The molecule has 14 heavy (non-hydrogen) atoms. The number of hydrogen-bond donors (Lipinski definition) is 0. The van der Waals surface area contributed by atoms with Crippen molar-refractivity contribution in [2.75, 3.05) is 20.3 Å². The summed E-state index contributed by atoms with van der Waals surface area (Å²) in [6, 6.07) is 8.38. The first-order valence-electron chi connectivity index (χ1n) is 5.02. The maximum atomic E-state index is 5.48. The van der Waals surface area contributed by atoms with Gasteiger partial charge in [0.2, 0.25) is 0 Å². The van der Waals surface area contributed by atoms with Gasteiger partial charge in [-0.1, -0.05) is 31.2 Å². The van der Waals surface area contributed by atoms with Gasteiger partial charge in [0.1, 0.15) is 0 Å². The van der Waals surface area contributed by atoms with E-state index in [2.05, 4.69) is 25.1 Å². The quantitative estimate of drug-likeness (QED) is 0.647. The standard InChI is InChI=1S/C12H18O2/c1-3-11-6-4-5-7-12(11)10-14-9-8-13-2/h4-7H,3,8-10H2,1-2H3. The summed E-state index contributed by atoms with van der Waals surface area (Å²) in [5.41, 5.74) is 2.65. The van der Waals surface area contributed by atoms with Crippen LogP contribution < -0.4 is 0 Å². The lowest BCUT2D eigenvalue weighted by atomic mass is 10.1. The molecule has 1 aromatic carbocycles. The molecule has 0 aliphatic heterocycles. The molecular weight excluding hydrogens is 176 g/mol. The molecule has 0 aliphatic carbocycles. The molecule has 0 spiro atoms. The minimum Gasteiger partial charge on any atom is -0.382 e. The summed E-state index contributed by atoms with van der Waals surface area (Å²) in [6.07, 6.45) is 1.06. The zero-order valence-corrected chi connectivity index (χ0v) is 8.95. The van der Waals surface area contributed by atoms with Gasteiger partial charge >= 0.3 is 0 Å². The van der Waals surface area contributed by atoms with E-state index >= 15 is 0 Å². The molecule has 0 fully saturated rings. The molecule has 0 unspecified atom stereocenters. The molecule has 2 nitrogen and oxygen atoms in total. The number of methoxy groups -OCH3 is 1. The third-order valence-electron chi connectivity index (χ3n) is 2.19. The average Bonchev–Trinajstić information content (AvgIpc) is 2.25. The molecule has 0 bridgehead atoms. The lowest BCUT2D eigenvalue weighted by Crippen LogP contribution is -2.03. The summed E-state index contributed by atoms with van der Waals surface area (Å²) in [5.74, 6) is 0. The van der Waals surface area contributed by atoms with E-state index in [1.165, 1.54) is 11.1 Å². The third-order valence-corrected chi connectivity index (χ3v) is 2.19. The Hall–Kier alpha value is -0.860. The van der Waals surface area contributed by atoms with Crippen LogP contribution in [0.15, 0.2) is 24.3 Å². The molecule has 1 rings (SSSR count). The van der Waals surface area contributed by atoms with Crippen LogP contribution in [-0.4, -0.2) is 20.3 Å². The van der Waals surface area contributed by atoms with Gasteiger partial charge < -0.3 is 9.47 Å². The van der Waals surface area contributed by atoms with Crippen molar-refractivity contribution in [3.63, 3.8) is 0 Å². The minimum absolute atomic E-state index is 0.661. The highest BCUT2D eigenvalue weighted by Gasteiger charge is 1.98. The van der Waals surface area contributed by atoms with Gasteiger partial charge in [0.05, 0.1) is 19.8 Å². The maximum absolute atomic E-state index is 5.48. The predicted molar refractivity (Wildman–Crippen MR) is 57.4 cm³/mol. The summed E-state index contributed by atoms with van der Waals surface area (Å²) in [7, 11) is 1.68. The first-order valence-corrected chi connectivity index (χ1v) is 5.02. The second kappa shape index (κ2) is 6.57. The Kier molecular flexibility index (Phi) is 5.27. The SMILES string of the molecule is CCc1ccccc1COCCOC. The Morgan fingerprint density at radius 1 is 1.07 bits per heavy atom. The maximum Gasteiger partial charge on any atom is 0.0720 e. The van der Waals surface area contributed by atoms with Crippen molar-refractivity contribution in [3.8, 4) is 0 Å². The number of ether oxygens (including phenoxy) is 2. The van der Waals surface area contributed by atoms with Gasteiger partial charge in [0, 0.05) is 7.11 Å². The minimum atomic E-state index is 0.661. The van der Waals surface area contributed by atoms with Gasteiger partial charge in [-0.05, 0) is 17.5 Å². The van der Waals surface area contributed by atoms with E-state index in [1.54, 1.807) is 7.11 Å². The molecule has 1 aromatic rings. The first kappa shape index (κ1) is 11.2. The Labute approximate surface area is 85.8 Å². The van der Waals surface area contributed by atoms with Crippen LogP contribution in [0, 0.1) is 0 Å². The van der Waals surface area contributed by atoms with Gasteiger partial charge in [-0.2, -0.15) is 0 Å². The van der Waals surface area contributed by atoms with E-state index in [-0.39, 0.29) is 0 Å². The normalized spacial score (nSPS) is 10.4. The molecule has 78 valence electrons.